The molecule has 1 amide bonds. The van der Waals surface area contributed by atoms with Crippen molar-refractivity contribution < 1.29 is 4.79 Å². The lowest BCUT2D eigenvalue weighted by Crippen LogP contribution is -2.37. The van der Waals surface area contributed by atoms with Gasteiger partial charge in [0.05, 0.1) is 0 Å². The molecule has 1 fully saturated rings. The molecule has 1 N–H and O–H groups in total. The summed E-state index contributed by atoms with van der Waals surface area (Å²) in [5.41, 5.74) is 1.94. The van der Waals surface area contributed by atoms with Gasteiger partial charge in [0, 0.05) is 32.7 Å². The number of carbonyl (C=O) groups is 1. The second-order valence-electron chi connectivity index (χ2n) is 6.33. The maximum Gasteiger partial charge on any atom is 0.227 e. The topological polar surface area (TPSA) is 32.3 Å². The first-order valence-electron chi connectivity index (χ1n) is 8.23. The molecular weight excluding hydrogens is 423 g/mol. The van der Waals surface area contributed by atoms with E-state index in [0.29, 0.717) is 15.7 Å². The number of hydrogen-bond donors (Lipinski definition) is 1. The molecule has 132 valence electrons. The van der Waals surface area contributed by atoms with Crippen molar-refractivity contribution in [2.45, 2.75) is 19.4 Å². The molecule has 2 aromatic carbocycles. The van der Waals surface area contributed by atoms with Crippen molar-refractivity contribution >= 4 is 50.7 Å². The molecule has 0 unspecified atom stereocenters. The quantitative estimate of drug-likeness (QED) is 0.668. The first-order valence-corrected chi connectivity index (χ1v) is 9.78. The second kappa shape index (κ2) is 8.54. The summed E-state index contributed by atoms with van der Waals surface area (Å²) in [6.45, 7) is 2.75. The highest BCUT2D eigenvalue weighted by Gasteiger charge is 2.25. The van der Waals surface area contributed by atoms with Gasteiger partial charge in [-0.3, -0.25) is 9.69 Å². The van der Waals surface area contributed by atoms with Crippen molar-refractivity contribution in [2.24, 2.45) is 5.92 Å². The average molecular weight is 442 g/mol. The smallest absolute Gasteiger partial charge is 0.227 e. The highest BCUT2D eigenvalue weighted by atomic mass is 79.9. The number of halogens is 3. The number of hydrogen-bond acceptors (Lipinski definition) is 2. The third-order valence-corrected chi connectivity index (χ3v) is 5.31. The number of piperidine rings is 1. The van der Waals surface area contributed by atoms with Gasteiger partial charge in [0.2, 0.25) is 5.91 Å². The molecule has 0 aromatic heterocycles. The van der Waals surface area contributed by atoms with E-state index in [1.54, 1.807) is 18.2 Å². The van der Waals surface area contributed by atoms with E-state index in [9.17, 15) is 4.79 Å². The van der Waals surface area contributed by atoms with Crippen LogP contribution >= 0.6 is 39.1 Å². The van der Waals surface area contributed by atoms with Gasteiger partial charge in [0.15, 0.2) is 0 Å². The minimum atomic E-state index is 0.0246. The molecule has 0 spiro atoms. The molecule has 25 heavy (non-hydrogen) atoms. The van der Waals surface area contributed by atoms with Gasteiger partial charge < -0.3 is 5.32 Å². The summed E-state index contributed by atoms with van der Waals surface area (Å²) in [6, 6.07) is 13.4. The molecule has 3 nitrogen and oxygen atoms in total. The fraction of sp³-hybridized carbons (Fsp3) is 0.316. The van der Waals surface area contributed by atoms with E-state index in [4.69, 9.17) is 23.2 Å². The third kappa shape index (κ3) is 5.45. The van der Waals surface area contributed by atoms with Crippen molar-refractivity contribution in [1.29, 1.82) is 0 Å². The lowest BCUT2D eigenvalue weighted by atomic mass is 9.95. The maximum absolute atomic E-state index is 12.5. The second-order valence-corrected chi connectivity index (χ2v) is 8.12. The van der Waals surface area contributed by atoms with Crippen LogP contribution in [0.25, 0.3) is 0 Å². The lowest BCUT2D eigenvalue weighted by molar-refractivity contribution is -0.121. The van der Waals surface area contributed by atoms with Gasteiger partial charge >= 0.3 is 0 Å². The Balaban J connectivity index is 1.52. The van der Waals surface area contributed by atoms with Gasteiger partial charge in [0.1, 0.15) is 0 Å². The molecule has 1 heterocycles. The summed E-state index contributed by atoms with van der Waals surface area (Å²) in [5, 5.41) is 3.97. The molecule has 1 aliphatic heterocycles. The summed E-state index contributed by atoms with van der Waals surface area (Å²) in [7, 11) is 0. The van der Waals surface area contributed by atoms with Crippen LogP contribution in [-0.4, -0.2) is 23.9 Å². The zero-order chi connectivity index (χ0) is 17.8. The monoisotopic (exact) mass is 440 g/mol. The largest absolute Gasteiger partial charge is 0.326 e. The highest BCUT2D eigenvalue weighted by Crippen LogP contribution is 2.25. The van der Waals surface area contributed by atoms with Crippen molar-refractivity contribution in [2.75, 3.05) is 18.4 Å². The van der Waals surface area contributed by atoms with Crippen molar-refractivity contribution in [1.82, 2.24) is 4.90 Å². The molecule has 3 rings (SSSR count). The van der Waals surface area contributed by atoms with Crippen molar-refractivity contribution in [3.8, 4) is 0 Å². The Labute approximate surface area is 166 Å². The molecule has 0 atom stereocenters. The molecule has 1 saturated heterocycles. The van der Waals surface area contributed by atoms with E-state index in [-0.39, 0.29) is 11.8 Å². The molecule has 2 aromatic rings. The number of nitrogens with one attached hydrogen (secondary N) is 1. The van der Waals surface area contributed by atoms with Gasteiger partial charge in [-0.15, -0.1) is 0 Å². The minimum absolute atomic E-state index is 0.0246. The van der Waals surface area contributed by atoms with Crippen LogP contribution in [0.4, 0.5) is 5.69 Å². The van der Waals surface area contributed by atoms with Gasteiger partial charge in [-0.1, -0.05) is 51.3 Å². The van der Waals surface area contributed by atoms with E-state index in [0.717, 1.165) is 36.9 Å². The minimum Gasteiger partial charge on any atom is -0.326 e. The standard InChI is InChI=1S/C19H19BrCl2N2O/c20-15-3-1-2-13(8-15)12-24-6-4-14(5-7-24)19(25)23-18-10-16(21)9-17(22)11-18/h1-3,8-11,14H,4-7,12H2,(H,23,25). The molecule has 0 saturated carbocycles. The van der Waals surface area contributed by atoms with Crippen LogP contribution in [0.1, 0.15) is 18.4 Å². The summed E-state index contributed by atoms with van der Waals surface area (Å²) in [4.78, 5) is 14.9. The molecule has 6 heteroatoms. The number of carbonyl (C=O) groups excluding carboxylic acids is 1. The fourth-order valence-corrected chi connectivity index (χ4v) is 4.09. The van der Waals surface area contributed by atoms with Crippen LogP contribution < -0.4 is 5.32 Å². The molecule has 0 aliphatic carbocycles. The molecular formula is C19H19BrCl2N2O. The van der Waals surface area contributed by atoms with E-state index >= 15 is 0 Å². The van der Waals surface area contributed by atoms with Gasteiger partial charge in [-0.2, -0.15) is 0 Å². The summed E-state index contributed by atoms with van der Waals surface area (Å²) in [5.74, 6) is 0.0666. The maximum atomic E-state index is 12.5. The van der Waals surface area contributed by atoms with Crippen molar-refractivity contribution in [3.63, 3.8) is 0 Å². The number of amides is 1. The Hall–Kier alpha value is -1.07. The van der Waals surface area contributed by atoms with E-state index in [1.165, 1.54) is 5.56 Å². The normalized spacial score (nSPS) is 16.0. The summed E-state index contributed by atoms with van der Waals surface area (Å²) < 4.78 is 1.10. The Kier molecular flexibility index (Phi) is 6.39. The summed E-state index contributed by atoms with van der Waals surface area (Å²) in [6.07, 6.45) is 1.71. The lowest BCUT2D eigenvalue weighted by Gasteiger charge is -2.31. The molecule has 1 aliphatic rings. The number of likely N-dealkylation sites (tertiary alicyclic amines) is 1. The number of rotatable bonds is 4. The van der Waals surface area contributed by atoms with Crippen LogP contribution in [0.5, 0.6) is 0 Å². The number of anilines is 1. The van der Waals surface area contributed by atoms with Gasteiger partial charge in [-0.05, 0) is 61.8 Å². The highest BCUT2D eigenvalue weighted by molar-refractivity contribution is 9.10. The SMILES string of the molecule is O=C(Nc1cc(Cl)cc(Cl)c1)C1CCN(Cc2cccc(Br)c2)CC1. The average Bonchev–Trinajstić information content (AvgIpc) is 2.54. The van der Waals surface area contributed by atoms with E-state index in [2.05, 4.69) is 44.3 Å². The predicted molar refractivity (Wildman–Crippen MR) is 107 cm³/mol. The summed E-state index contributed by atoms with van der Waals surface area (Å²) >= 11 is 15.5. The van der Waals surface area contributed by atoms with E-state index in [1.807, 2.05) is 6.07 Å². The van der Waals surface area contributed by atoms with E-state index < -0.39 is 0 Å². The predicted octanol–water partition coefficient (Wildman–Crippen LogP) is 5.61. The van der Waals surface area contributed by atoms with Crippen molar-refractivity contribution in [3.05, 3.63) is 62.5 Å². The molecule has 0 radical (unpaired) electrons. The Bertz CT molecular complexity index is 741. The fourth-order valence-electron chi connectivity index (χ4n) is 3.12. The van der Waals surface area contributed by atoms with Crippen LogP contribution in [-0.2, 0) is 11.3 Å². The first kappa shape index (κ1) is 18.7. The first-order chi connectivity index (χ1) is 12.0. The van der Waals surface area contributed by atoms with Gasteiger partial charge in [0.25, 0.3) is 0 Å². The Morgan fingerprint density at radius 2 is 1.80 bits per heavy atom. The number of benzene rings is 2. The molecule has 0 bridgehead atoms. The third-order valence-electron chi connectivity index (χ3n) is 4.38. The van der Waals surface area contributed by atoms with Gasteiger partial charge in [-0.25, -0.2) is 0 Å². The van der Waals surface area contributed by atoms with Crippen LogP contribution in [0.3, 0.4) is 0 Å². The zero-order valence-corrected chi connectivity index (χ0v) is 16.7. The van der Waals surface area contributed by atoms with Crippen LogP contribution in [0.2, 0.25) is 10.0 Å². The van der Waals surface area contributed by atoms with Crippen LogP contribution in [0.15, 0.2) is 46.9 Å². The number of nitrogens with zero attached hydrogens (tertiary/aromatic N) is 1. The Morgan fingerprint density at radius 1 is 1.12 bits per heavy atom. The van der Waals surface area contributed by atoms with Crippen LogP contribution in [0, 0.1) is 5.92 Å². The Morgan fingerprint density at radius 3 is 2.44 bits per heavy atom. The zero-order valence-electron chi connectivity index (χ0n) is 13.6.